The van der Waals surface area contributed by atoms with E-state index in [1.165, 1.54) is 0 Å². The third-order valence-corrected chi connectivity index (χ3v) is 5.04. The van der Waals surface area contributed by atoms with Crippen molar-refractivity contribution < 1.29 is 19.0 Å². The fraction of sp³-hybridized carbons (Fsp3) is 0.167. The summed E-state index contributed by atoms with van der Waals surface area (Å²) in [7, 11) is 3.14. The molecule has 0 bridgehead atoms. The van der Waals surface area contributed by atoms with Crippen LogP contribution in [0.5, 0.6) is 17.4 Å². The second-order valence-electron chi connectivity index (χ2n) is 7.24. The second-order valence-corrected chi connectivity index (χ2v) is 7.24. The monoisotopic (exact) mass is 460 g/mol. The van der Waals surface area contributed by atoms with Gasteiger partial charge in [-0.25, -0.2) is 14.8 Å². The molecule has 0 radical (unpaired) electrons. The minimum absolute atomic E-state index is 0.121. The first-order valence-electron chi connectivity index (χ1n) is 10.5. The Bertz CT molecular complexity index is 1280. The summed E-state index contributed by atoms with van der Waals surface area (Å²) in [6, 6.07) is 11.0. The quantitative estimate of drug-likeness (QED) is 0.363. The van der Waals surface area contributed by atoms with Gasteiger partial charge in [0.1, 0.15) is 0 Å². The lowest BCUT2D eigenvalue weighted by molar-refractivity contribution is 0.199. The highest BCUT2D eigenvalue weighted by atomic mass is 16.6. The van der Waals surface area contributed by atoms with Gasteiger partial charge in [0.25, 0.3) is 0 Å². The van der Waals surface area contributed by atoms with Crippen LogP contribution in [-0.4, -0.2) is 46.8 Å². The number of carbonyl (C=O) groups is 1. The number of anilines is 1. The van der Waals surface area contributed by atoms with E-state index in [9.17, 15) is 4.79 Å². The molecular weight excluding hydrogens is 436 g/mol. The van der Waals surface area contributed by atoms with E-state index in [-0.39, 0.29) is 11.8 Å². The first-order chi connectivity index (χ1) is 16.6. The van der Waals surface area contributed by atoms with Gasteiger partial charge in [-0.15, -0.1) is 0 Å². The zero-order valence-corrected chi connectivity index (χ0v) is 18.7. The Morgan fingerprint density at radius 3 is 2.71 bits per heavy atom. The van der Waals surface area contributed by atoms with Crippen molar-refractivity contribution in [2.24, 2.45) is 0 Å². The molecule has 1 amide bonds. The van der Waals surface area contributed by atoms with Crippen LogP contribution in [0.2, 0.25) is 0 Å². The number of methoxy groups -OCH3 is 2. The van der Waals surface area contributed by atoms with Crippen molar-refractivity contribution in [1.29, 1.82) is 0 Å². The normalized spacial score (nSPS) is 10.5. The van der Waals surface area contributed by atoms with Gasteiger partial charge in [-0.2, -0.15) is 0 Å². The molecule has 10 heteroatoms. The zero-order chi connectivity index (χ0) is 23.9. The van der Waals surface area contributed by atoms with E-state index in [0.29, 0.717) is 35.7 Å². The number of hydrogen-bond acceptors (Lipinski definition) is 8. The maximum Gasteiger partial charge on any atom is 0.413 e. The van der Waals surface area contributed by atoms with Crippen molar-refractivity contribution in [2.75, 3.05) is 26.5 Å². The number of amides is 1. The van der Waals surface area contributed by atoms with E-state index >= 15 is 0 Å². The zero-order valence-electron chi connectivity index (χ0n) is 18.7. The van der Waals surface area contributed by atoms with Gasteiger partial charge in [-0.3, -0.25) is 4.98 Å². The predicted molar refractivity (Wildman–Crippen MR) is 127 cm³/mol. The van der Waals surface area contributed by atoms with Gasteiger partial charge in [0.05, 0.1) is 19.9 Å². The summed E-state index contributed by atoms with van der Waals surface area (Å²) in [5, 5.41) is 2.72. The number of nitrogens with two attached hydrogens (primary N) is 1. The van der Waals surface area contributed by atoms with Crippen LogP contribution in [0.1, 0.15) is 5.56 Å². The van der Waals surface area contributed by atoms with Crippen LogP contribution in [-0.2, 0) is 6.42 Å². The molecule has 10 nitrogen and oxygen atoms in total. The molecule has 34 heavy (non-hydrogen) atoms. The van der Waals surface area contributed by atoms with Crippen LogP contribution in [0.15, 0.2) is 61.2 Å². The van der Waals surface area contributed by atoms with Gasteiger partial charge < -0.3 is 30.2 Å². The molecule has 0 unspecified atom stereocenters. The predicted octanol–water partition coefficient (Wildman–Crippen LogP) is 3.46. The van der Waals surface area contributed by atoms with Crippen LogP contribution < -0.4 is 25.3 Å². The summed E-state index contributed by atoms with van der Waals surface area (Å²) in [6.07, 6.45) is 6.86. The van der Waals surface area contributed by atoms with Crippen molar-refractivity contribution in [1.82, 2.24) is 25.3 Å². The van der Waals surface area contributed by atoms with Crippen LogP contribution >= 0.6 is 0 Å². The molecule has 0 spiro atoms. The number of nitrogens with one attached hydrogen (secondary N) is 2. The Morgan fingerprint density at radius 2 is 1.94 bits per heavy atom. The number of carbonyl (C=O) groups excluding carboxylic acids is 1. The largest absolute Gasteiger partial charge is 0.493 e. The Morgan fingerprint density at radius 1 is 1.09 bits per heavy atom. The average molecular weight is 460 g/mol. The smallest absolute Gasteiger partial charge is 0.413 e. The number of nitrogen functional groups attached to an aromatic ring is 1. The lowest BCUT2D eigenvalue weighted by Gasteiger charge is -2.12. The number of aromatic amines is 1. The van der Waals surface area contributed by atoms with E-state index in [2.05, 4.69) is 25.3 Å². The van der Waals surface area contributed by atoms with Gasteiger partial charge in [0.15, 0.2) is 11.5 Å². The molecule has 3 aromatic heterocycles. The highest BCUT2D eigenvalue weighted by Gasteiger charge is 2.16. The summed E-state index contributed by atoms with van der Waals surface area (Å²) in [6.45, 7) is 0.421. The van der Waals surface area contributed by atoms with Crippen LogP contribution in [0.25, 0.3) is 22.4 Å². The SMILES string of the molecule is COc1ccc(-c2cnc(N)nc2-c2c[nH]c(OC(=O)NCCc3cccnc3)c2)cc1OC. The van der Waals surface area contributed by atoms with Crippen molar-refractivity contribution in [2.45, 2.75) is 6.42 Å². The Kier molecular flexibility index (Phi) is 6.87. The third kappa shape index (κ3) is 5.23. The second kappa shape index (κ2) is 10.3. The number of ether oxygens (including phenoxy) is 3. The number of H-pyrrole nitrogens is 1. The maximum atomic E-state index is 12.2. The summed E-state index contributed by atoms with van der Waals surface area (Å²) in [5.41, 5.74) is 9.66. The number of nitrogens with zero attached hydrogens (tertiary/aromatic N) is 3. The van der Waals surface area contributed by atoms with E-state index in [0.717, 1.165) is 16.7 Å². The first kappa shape index (κ1) is 22.6. The van der Waals surface area contributed by atoms with Crippen LogP contribution in [0, 0.1) is 0 Å². The molecule has 174 valence electrons. The molecule has 0 aliphatic rings. The molecular formula is C24H24N6O4. The fourth-order valence-electron chi connectivity index (χ4n) is 3.39. The van der Waals surface area contributed by atoms with Gasteiger partial charge in [0.2, 0.25) is 11.8 Å². The van der Waals surface area contributed by atoms with Crippen LogP contribution in [0.4, 0.5) is 10.7 Å². The Hall–Kier alpha value is -4.60. The van der Waals surface area contributed by atoms with E-state index < -0.39 is 6.09 Å². The molecule has 0 fully saturated rings. The van der Waals surface area contributed by atoms with Crippen molar-refractivity contribution >= 4 is 12.0 Å². The minimum Gasteiger partial charge on any atom is -0.493 e. The van der Waals surface area contributed by atoms with Gasteiger partial charge >= 0.3 is 6.09 Å². The van der Waals surface area contributed by atoms with Crippen molar-refractivity contribution in [3.63, 3.8) is 0 Å². The third-order valence-electron chi connectivity index (χ3n) is 5.04. The number of hydrogen-bond donors (Lipinski definition) is 3. The van der Waals surface area contributed by atoms with Gasteiger partial charge in [0, 0.05) is 48.5 Å². The topological polar surface area (TPSA) is 137 Å². The average Bonchev–Trinajstić information content (AvgIpc) is 3.32. The lowest BCUT2D eigenvalue weighted by atomic mass is 10.0. The molecule has 0 saturated carbocycles. The summed E-state index contributed by atoms with van der Waals surface area (Å²) >= 11 is 0. The number of pyridine rings is 1. The lowest BCUT2D eigenvalue weighted by Crippen LogP contribution is -2.28. The number of benzene rings is 1. The minimum atomic E-state index is -0.570. The van der Waals surface area contributed by atoms with E-state index in [1.54, 1.807) is 51.1 Å². The van der Waals surface area contributed by atoms with Crippen molar-refractivity contribution in [3.05, 3.63) is 66.7 Å². The number of aromatic nitrogens is 4. The molecule has 4 N–H and O–H groups in total. The molecule has 3 heterocycles. The highest BCUT2D eigenvalue weighted by Crippen LogP contribution is 2.36. The first-order valence-corrected chi connectivity index (χ1v) is 10.5. The molecule has 0 saturated heterocycles. The number of rotatable bonds is 8. The highest BCUT2D eigenvalue weighted by molar-refractivity contribution is 5.82. The Balaban J connectivity index is 1.50. The van der Waals surface area contributed by atoms with Gasteiger partial charge in [-0.05, 0) is 35.7 Å². The summed E-state index contributed by atoms with van der Waals surface area (Å²) in [5.74, 6) is 1.57. The van der Waals surface area contributed by atoms with E-state index in [1.807, 2.05) is 24.3 Å². The molecule has 0 atom stereocenters. The Labute approximate surface area is 196 Å². The fourth-order valence-corrected chi connectivity index (χ4v) is 3.39. The molecule has 4 aromatic rings. The molecule has 4 rings (SSSR count). The standard InChI is InChI=1S/C24H24N6O4/c1-32-19-6-5-16(10-20(19)33-2)18-14-29-23(25)30-22(18)17-11-21(28-13-17)34-24(31)27-9-7-15-4-3-8-26-12-15/h3-6,8,10-14,28H,7,9H2,1-2H3,(H,27,31)(H2,25,29,30). The van der Waals surface area contributed by atoms with E-state index in [4.69, 9.17) is 19.9 Å². The molecule has 0 aliphatic heterocycles. The van der Waals surface area contributed by atoms with Gasteiger partial charge in [-0.1, -0.05) is 12.1 Å². The summed E-state index contributed by atoms with van der Waals surface area (Å²) in [4.78, 5) is 27.7. The maximum absolute atomic E-state index is 12.2. The van der Waals surface area contributed by atoms with Crippen molar-refractivity contribution in [3.8, 4) is 39.8 Å². The van der Waals surface area contributed by atoms with Crippen LogP contribution in [0.3, 0.4) is 0 Å². The molecule has 1 aromatic carbocycles. The summed E-state index contributed by atoms with van der Waals surface area (Å²) < 4.78 is 16.1. The molecule has 0 aliphatic carbocycles.